The van der Waals surface area contributed by atoms with Crippen molar-refractivity contribution in [3.8, 4) is 0 Å². The molecule has 0 aliphatic carbocycles. The van der Waals surface area contributed by atoms with Gasteiger partial charge in [0.25, 0.3) is 11.8 Å². The van der Waals surface area contributed by atoms with Crippen LogP contribution in [-0.2, 0) is 11.2 Å². The Hall–Kier alpha value is -2.73. The zero-order valence-corrected chi connectivity index (χ0v) is 14.8. The molecule has 6 heteroatoms. The smallest absolute Gasteiger partial charge is 0.257 e. The average Bonchev–Trinajstić information content (AvgIpc) is 2.63. The van der Waals surface area contributed by atoms with Crippen LogP contribution in [0.5, 0.6) is 0 Å². The van der Waals surface area contributed by atoms with Crippen LogP contribution >= 0.6 is 0 Å². The molecule has 2 rings (SSSR count). The first kappa shape index (κ1) is 18.6. The van der Waals surface area contributed by atoms with Crippen LogP contribution in [0.25, 0.3) is 0 Å². The molecular formula is C19H23N3O3. The van der Waals surface area contributed by atoms with Gasteiger partial charge in [0.2, 0.25) is 0 Å². The van der Waals surface area contributed by atoms with Crippen molar-refractivity contribution in [2.75, 3.05) is 25.6 Å². The second-order valence-corrected chi connectivity index (χ2v) is 5.63. The molecule has 0 aliphatic rings. The van der Waals surface area contributed by atoms with Crippen molar-refractivity contribution in [1.29, 1.82) is 0 Å². The molecule has 2 aromatic rings. The highest BCUT2D eigenvalue weighted by Crippen LogP contribution is 2.21. The number of anilines is 1. The number of hydrogen-bond acceptors (Lipinski definition) is 4. The van der Waals surface area contributed by atoms with E-state index in [1.165, 1.54) is 18.5 Å². The van der Waals surface area contributed by atoms with Gasteiger partial charge in [-0.3, -0.25) is 14.6 Å². The summed E-state index contributed by atoms with van der Waals surface area (Å²) in [4.78, 5) is 28.6. The highest BCUT2D eigenvalue weighted by molar-refractivity contribution is 6.06. The maximum atomic E-state index is 12.6. The third-order valence-corrected chi connectivity index (χ3v) is 3.83. The molecule has 1 aromatic heterocycles. The minimum absolute atomic E-state index is 0.288. The van der Waals surface area contributed by atoms with Gasteiger partial charge in [-0.05, 0) is 30.5 Å². The molecule has 25 heavy (non-hydrogen) atoms. The van der Waals surface area contributed by atoms with Crippen LogP contribution in [0, 0.1) is 6.92 Å². The number of aryl methyl sites for hydroxylation is 2. The fourth-order valence-corrected chi connectivity index (χ4v) is 2.44. The largest absolute Gasteiger partial charge is 0.383 e. The van der Waals surface area contributed by atoms with E-state index in [1.54, 1.807) is 7.11 Å². The molecular weight excluding hydrogens is 318 g/mol. The van der Waals surface area contributed by atoms with Crippen LogP contribution in [0.15, 0.2) is 36.7 Å². The second kappa shape index (κ2) is 8.94. The molecule has 1 heterocycles. The van der Waals surface area contributed by atoms with Gasteiger partial charge in [-0.2, -0.15) is 0 Å². The molecule has 0 bridgehead atoms. The van der Waals surface area contributed by atoms with Crippen LogP contribution in [0.3, 0.4) is 0 Å². The normalized spacial score (nSPS) is 10.4. The monoisotopic (exact) mass is 341 g/mol. The van der Waals surface area contributed by atoms with Crippen molar-refractivity contribution in [3.05, 3.63) is 58.9 Å². The van der Waals surface area contributed by atoms with E-state index in [0.717, 1.165) is 23.2 Å². The summed E-state index contributed by atoms with van der Waals surface area (Å²) in [5.41, 5.74) is 3.54. The van der Waals surface area contributed by atoms with Gasteiger partial charge in [-0.15, -0.1) is 0 Å². The zero-order valence-electron chi connectivity index (χ0n) is 14.8. The standard InChI is InChI=1S/C19H23N3O3/c1-4-14-7-5-6-13(2)17(14)22-19(24)16-10-15(11-20-12-16)18(23)21-8-9-25-3/h5-7,10-12H,4,8-9H2,1-3H3,(H,21,23)(H,22,24). The van der Waals surface area contributed by atoms with Crippen molar-refractivity contribution in [2.45, 2.75) is 20.3 Å². The summed E-state index contributed by atoms with van der Waals surface area (Å²) >= 11 is 0. The van der Waals surface area contributed by atoms with Gasteiger partial charge >= 0.3 is 0 Å². The molecule has 6 nitrogen and oxygen atoms in total. The summed E-state index contributed by atoms with van der Waals surface area (Å²) in [6.07, 6.45) is 3.70. The molecule has 0 radical (unpaired) electrons. The lowest BCUT2D eigenvalue weighted by atomic mass is 10.1. The number of amides is 2. The van der Waals surface area contributed by atoms with Gasteiger partial charge < -0.3 is 15.4 Å². The number of carbonyl (C=O) groups excluding carboxylic acids is 2. The molecule has 132 valence electrons. The Labute approximate surface area is 147 Å². The van der Waals surface area contributed by atoms with E-state index < -0.39 is 0 Å². The van der Waals surface area contributed by atoms with Gasteiger partial charge in [0, 0.05) is 31.7 Å². The lowest BCUT2D eigenvalue weighted by Crippen LogP contribution is -2.27. The molecule has 0 atom stereocenters. The van der Waals surface area contributed by atoms with Crippen molar-refractivity contribution in [1.82, 2.24) is 10.3 Å². The van der Waals surface area contributed by atoms with E-state index in [2.05, 4.69) is 15.6 Å². The average molecular weight is 341 g/mol. The Morgan fingerprint density at radius 3 is 2.56 bits per heavy atom. The van der Waals surface area contributed by atoms with E-state index in [1.807, 2.05) is 32.0 Å². The first-order valence-electron chi connectivity index (χ1n) is 8.18. The van der Waals surface area contributed by atoms with Crippen LogP contribution in [-0.4, -0.2) is 37.1 Å². The Morgan fingerprint density at radius 1 is 1.16 bits per heavy atom. The minimum Gasteiger partial charge on any atom is -0.383 e. The Bertz CT molecular complexity index is 759. The number of nitrogens with one attached hydrogen (secondary N) is 2. The molecule has 0 saturated heterocycles. The van der Waals surface area contributed by atoms with Gasteiger partial charge in [0.05, 0.1) is 17.7 Å². The number of ether oxygens (including phenoxy) is 1. The maximum absolute atomic E-state index is 12.6. The lowest BCUT2D eigenvalue weighted by Gasteiger charge is -2.13. The number of hydrogen-bond donors (Lipinski definition) is 2. The molecule has 0 saturated carbocycles. The summed E-state index contributed by atoms with van der Waals surface area (Å²) in [5, 5.41) is 5.64. The summed E-state index contributed by atoms with van der Waals surface area (Å²) < 4.78 is 4.89. The summed E-state index contributed by atoms with van der Waals surface area (Å²) in [6, 6.07) is 7.44. The Kier molecular flexibility index (Phi) is 6.65. The van der Waals surface area contributed by atoms with Crippen molar-refractivity contribution in [2.24, 2.45) is 0 Å². The van der Waals surface area contributed by atoms with Gasteiger partial charge in [0.1, 0.15) is 0 Å². The number of rotatable bonds is 7. The molecule has 1 aromatic carbocycles. The third kappa shape index (κ3) is 4.87. The second-order valence-electron chi connectivity index (χ2n) is 5.63. The first-order chi connectivity index (χ1) is 12.1. The third-order valence-electron chi connectivity index (χ3n) is 3.83. The van der Waals surface area contributed by atoms with E-state index >= 15 is 0 Å². The molecule has 2 amide bonds. The van der Waals surface area contributed by atoms with E-state index in [-0.39, 0.29) is 11.8 Å². The molecule has 0 spiro atoms. The number of pyridine rings is 1. The summed E-state index contributed by atoms with van der Waals surface area (Å²) in [5.74, 6) is -0.576. The Morgan fingerprint density at radius 2 is 1.88 bits per heavy atom. The number of carbonyl (C=O) groups is 2. The number of benzene rings is 1. The van der Waals surface area contributed by atoms with Crippen LogP contribution in [0.2, 0.25) is 0 Å². The predicted molar refractivity (Wildman–Crippen MR) is 97.0 cm³/mol. The van der Waals surface area contributed by atoms with Crippen LogP contribution < -0.4 is 10.6 Å². The molecule has 2 N–H and O–H groups in total. The quantitative estimate of drug-likeness (QED) is 0.759. The first-order valence-corrected chi connectivity index (χ1v) is 8.18. The molecule has 0 unspecified atom stereocenters. The van der Waals surface area contributed by atoms with E-state index in [0.29, 0.717) is 24.3 Å². The maximum Gasteiger partial charge on any atom is 0.257 e. The lowest BCUT2D eigenvalue weighted by molar-refractivity contribution is 0.0936. The van der Waals surface area contributed by atoms with Gasteiger partial charge in [-0.1, -0.05) is 25.1 Å². The fraction of sp³-hybridized carbons (Fsp3) is 0.316. The molecule has 0 aliphatic heterocycles. The SMILES string of the molecule is CCc1cccc(C)c1NC(=O)c1cncc(C(=O)NCCOC)c1. The van der Waals surface area contributed by atoms with Gasteiger partial charge in [0.15, 0.2) is 0 Å². The zero-order chi connectivity index (χ0) is 18.2. The number of aromatic nitrogens is 1. The fourth-order valence-electron chi connectivity index (χ4n) is 2.44. The number of nitrogens with zero attached hydrogens (tertiary/aromatic N) is 1. The highest BCUT2D eigenvalue weighted by Gasteiger charge is 2.13. The number of methoxy groups -OCH3 is 1. The predicted octanol–water partition coefficient (Wildman–Crippen LogP) is 2.58. The van der Waals surface area contributed by atoms with Crippen molar-refractivity contribution in [3.63, 3.8) is 0 Å². The van der Waals surface area contributed by atoms with Crippen LogP contribution in [0.1, 0.15) is 38.8 Å². The number of para-hydroxylation sites is 1. The van der Waals surface area contributed by atoms with Crippen LogP contribution in [0.4, 0.5) is 5.69 Å². The summed E-state index contributed by atoms with van der Waals surface area (Å²) in [6.45, 7) is 4.81. The van der Waals surface area contributed by atoms with Gasteiger partial charge in [-0.25, -0.2) is 0 Å². The Balaban J connectivity index is 2.15. The molecule has 0 fully saturated rings. The van der Waals surface area contributed by atoms with E-state index in [9.17, 15) is 9.59 Å². The van der Waals surface area contributed by atoms with Crippen molar-refractivity contribution < 1.29 is 14.3 Å². The van der Waals surface area contributed by atoms with Crippen molar-refractivity contribution >= 4 is 17.5 Å². The minimum atomic E-state index is -0.289. The summed E-state index contributed by atoms with van der Waals surface area (Å²) in [7, 11) is 1.56. The van der Waals surface area contributed by atoms with E-state index in [4.69, 9.17) is 4.74 Å². The topological polar surface area (TPSA) is 80.3 Å². The highest BCUT2D eigenvalue weighted by atomic mass is 16.5.